The number of hydrogen-bond donors (Lipinski definition) is 2. The molecule has 2 aromatic carbocycles. The van der Waals surface area contributed by atoms with Gasteiger partial charge in [0.2, 0.25) is 15.9 Å². The van der Waals surface area contributed by atoms with Crippen LogP contribution in [-0.2, 0) is 14.8 Å². The summed E-state index contributed by atoms with van der Waals surface area (Å²) in [6.07, 6.45) is 0.0684. The summed E-state index contributed by atoms with van der Waals surface area (Å²) in [6.45, 7) is 4.02. The van der Waals surface area contributed by atoms with E-state index in [9.17, 15) is 13.2 Å². The van der Waals surface area contributed by atoms with E-state index >= 15 is 0 Å². The number of nitrogens with one attached hydrogen (secondary N) is 2. The fourth-order valence-corrected chi connectivity index (χ4v) is 3.08. The average Bonchev–Trinajstić information content (AvgIpc) is 2.52. The van der Waals surface area contributed by atoms with Gasteiger partial charge in [-0.1, -0.05) is 24.3 Å². The van der Waals surface area contributed by atoms with Gasteiger partial charge >= 0.3 is 0 Å². The second kappa shape index (κ2) is 7.39. The van der Waals surface area contributed by atoms with Crippen molar-refractivity contribution in [1.82, 2.24) is 4.72 Å². The number of rotatable bonds is 6. The Bertz CT molecular complexity index is 787. The molecule has 0 aliphatic rings. The molecule has 2 rings (SSSR count). The summed E-state index contributed by atoms with van der Waals surface area (Å²) in [5, 5.41) is 2.76. The number of anilines is 1. The van der Waals surface area contributed by atoms with Gasteiger partial charge in [-0.3, -0.25) is 4.79 Å². The van der Waals surface area contributed by atoms with Crippen LogP contribution >= 0.6 is 0 Å². The molecule has 0 radical (unpaired) electrons. The summed E-state index contributed by atoms with van der Waals surface area (Å²) >= 11 is 0. The van der Waals surface area contributed by atoms with Crippen molar-refractivity contribution in [2.45, 2.75) is 25.2 Å². The number of amides is 1. The molecule has 6 heteroatoms. The van der Waals surface area contributed by atoms with Crippen LogP contribution < -0.4 is 10.0 Å². The van der Waals surface area contributed by atoms with Crippen LogP contribution in [0.1, 0.15) is 17.5 Å². The number of hydrogen-bond acceptors (Lipinski definition) is 3. The quantitative estimate of drug-likeness (QED) is 0.854. The zero-order valence-electron chi connectivity index (χ0n) is 13.2. The Kier molecular flexibility index (Phi) is 5.52. The van der Waals surface area contributed by atoms with E-state index in [1.165, 1.54) is 12.1 Å². The largest absolute Gasteiger partial charge is 0.326 e. The van der Waals surface area contributed by atoms with E-state index in [0.717, 1.165) is 11.1 Å². The molecule has 122 valence electrons. The van der Waals surface area contributed by atoms with Crippen LogP contribution in [0.3, 0.4) is 0 Å². The molecule has 0 aliphatic carbocycles. The summed E-state index contributed by atoms with van der Waals surface area (Å²) in [6, 6.07) is 13.7. The Hall–Kier alpha value is -2.18. The number of carbonyl (C=O) groups excluding carboxylic acids is 1. The standard InChI is InChI=1S/C17H20N2O3S/c1-13-8-9-15(12-14(13)2)19-17(20)10-11-18-23(21,22)16-6-4-3-5-7-16/h3-9,12,18H,10-11H2,1-2H3,(H,19,20). The molecular weight excluding hydrogens is 312 g/mol. The van der Waals surface area contributed by atoms with Gasteiger partial charge in [0.05, 0.1) is 4.90 Å². The first-order valence-electron chi connectivity index (χ1n) is 7.30. The molecule has 0 spiro atoms. The molecule has 0 atom stereocenters. The van der Waals surface area contributed by atoms with Gasteiger partial charge in [0.1, 0.15) is 0 Å². The average molecular weight is 332 g/mol. The normalized spacial score (nSPS) is 11.2. The van der Waals surface area contributed by atoms with Gasteiger partial charge in [0.15, 0.2) is 0 Å². The van der Waals surface area contributed by atoms with Crippen LogP contribution in [0.2, 0.25) is 0 Å². The maximum absolute atomic E-state index is 12.0. The van der Waals surface area contributed by atoms with Crippen LogP contribution in [0.25, 0.3) is 0 Å². The van der Waals surface area contributed by atoms with Crippen molar-refractivity contribution in [2.24, 2.45) is 0 Å². The third-order valence-electron chi connectivity index (χ3n) is 3.49. The van der Waals surface area contributed by atoms with Gasteiger partial charge in [-0.15, -0.1) is 0 Å². The SMILES string of the molecule is Cc1ccc(NC(=O)CCNS(=O)(=O)c2ccccc2)cc1C. The molecule has 2 N–H and O–H groups in total. The summed E-state index contributed by atoms with van der Waals surface area (Å²) < 4.78 is 26.4. The minimum absolute atomic E-state index is 0.0495. The van der Waals surface area contributed by atoms with Crippen LogP contribution in [0.5, 0.6) is 0 Å². The molecule has 0 saturated carbocycles. The highest BCUT2D eigenvalue weighted by atomic mass is 32.2. The number of sulfonamides is 1. The maximum Gasteiger partial charge on any atom is 0.240 e. The highest BCUT2D eigenvalue weighted by Crippen LogP contribution is 2.14. The molecule has 0 saturated heterocycles. The first-order valence-corrected chi connectivity index (χ1v) is 8.78. The van der Waals surface area contributed by atoms with Gasteiger partial charge in [0, 0.05) is 18.7 Å². The third kappa shape index (κ3) is 4.91. The van der Waals surface area contributed by atoms with Gasteiger partial charge in [-0.05, 0) is 49.2 Å². The van der Waals surface area contributed by atoms with Crippen LogP contribution in [-0.4, -0.2) is 20.9 Å². The summed E-state index contributed by atoms with van der Waals surface area (Å²) in [7, 11) is -3.57. The Labute approximate surface area is 136 Å². The van der Waals surface area contributed by atoms with Crippen molar-refractivity contribution < 1.29 is 13.2 Å². The van der Waals surface area contributed by atoms with E-state index in [1.54, 1.807) is 18.2 Å². The second-order valence-corrected chi connectivity index (χ2v) is 7.07. The van der Waals surface area contributed by atoms with Crippen LogP contribution in [0.15, 0.2) is 53.4 Å². The lowest BCUT2D eigenvalue weighted by atomic mass is 10.1. The predicted octanol–water partition coefficient (Wildman–Crippen LogP) is 2.61. The zero-order chi connectivity index (χ0) is 16.9. The van der Waals surface area contributed by atoms with Gasteiger partial charge in [-0.2, -0.15) is 0 Å². The minimum atomic E-state index is -3.57. The van der Waals surface area contributed by atoms with Gasteiger partial charge in [0.25, 0.3) is 0 Å². The molecular formula is C17H20N2O3S. The second-order valence-electron chi connectivity index (χ2n) is 5.31. The van der Waals surface area contributed by atoms with Crippen LogP contribution in [0, 0.1) is 13.8 Å². The Balaban J connectivity index is 1.86. The molecule has 0 fully saturated rings. The lowest BCUT2D eigenvalue weighted by Crippen LogP contribution is -2.27. The lowest BCUT2D eigenvalue weighted by Gasteiger charge is -2.09. The van der Waals surface area contributed by atoms with Crippen molar-refractivity contribution >= 4 is 21.6 Å². The Morgan fingerprint density at radius 1 is 1.00 bits per heavy atom. The van der Waals surface area contributed by atoms with Crippen LogP contribution in [0.4, 0.5) is 5.69 Å². The van der Waals surface area contributed by atoms with Gasteiger partial charge < -0.3 is 5.32 Å². The van der Waals surface area contributed by atoms with Crippen molar-refractivity contribution in [1.29, 1.82) is 0 Å². The van der Waals surface area contributed by atoms with Crippen molar-refractivity contribution in [3.63, 3.8) is 0 Å². The zero-order valence-corrected chi connectivity index (χ0v) is 14.0. The van der Waals surface area contributed by atoms with E-state index in [2.05, 4.69) is 10.0 Å². The van der Waals surface area contributed by atoms with Crippen molar-refractivity contribution in [3.05, 3.63) is 59.7 Å². The number of benzene rings is 2. The number of carbonyl (C=O) groups is 1. The molecule has 0 aromatic heterocycles. The molecule has 1 amide bonds. The first-order chi connectivity index (χ1) is 10.9. The molecule has 0 unspecified atom stereocenters. The van der Waals surface area contributed by atoms with E-state index in [4.69, 9.17) is 0 Å². The topological polar surface area (TPSA) is 75.3 Å². The number of aryl methyl sites for hydroxylation is 2. The molecule has 0 heterocycles. The molecule has 0 aliphatic heterocycles. The summed E-state index contributed by atoms with van der Waals surface area (Å²) in [5.74, 6) is -0.232. The fraction of sp³-hybridized carbons (Fsp3) is 0.235. The van der Waals surface area contributed by atoms with Gasteiger partial charge in [-0.25, -0.2) is 13.1 Å². The fourth-order valence-electron chi connectivity index (χ4n) is 2.02. The van der Waals surface area contributed by atoms with Crippen molar-refractivity contribution in [3.8, 4) is 0 Å². The van der Waals surface area contributed by atoms with E-state index in [0.29, 0.717) is 5.69 Å². The van der Waals surface area contributed by atoms with E-state index in [1.807, 2.05) is 32.0 Å². The minimum Gasteiger partial charge on any atom is -0.326 e. The molecule has 23 heavy (non-hydrogen) atoms. The Morgan fingerprint density at radius 3 is 2.35 bits per heavy atom. The van der Waals surface area contributed by atoms with E-state index in [-0.39, 0.29) is 23.8 Å². The van der Waals surface area contributed by atoms with Crippen molar-refractivity contribution in [2.75, 3.05) is 11.9 Å². The smallest absolute Gasteiger partial charge is 0.240 e. The predicted molar refractivity (Wildman–Crippen MR) is 90.8 cm³/mol. The van der Waals surface area contributed by atoms with E-state index < -0.39 is 10.0 Å². The monoisotopic (exact) mass is 332 g/mol. The lowest BCUT2D eigenvalue weighted by molar-refractivity contribution is -0.116. The summed E-state index contributed by atoms with van der Waals surface area (Å²) in [4.78, 5) is 12.1. The third-order valence-corrected chi connectivity index (χ3v) is 4.97. The maximum atomic E-state index is 12.0. The summed E-state index contributed by atoms with van der Waals surface area (Å²) in [5.41, 5.74) is 2.95. The molecule has 5 nitrogen and oxygen atoms in total. The molecule has 0 bridgehead atoms. The highest BCUT2D eigenvalue weighted by Gasteiger charge is 2.13. The Morgan fingerprint density at radius 2 is 1.70 bits per heavy atom. The molecule has 2 aromatic rings. The first kappa shape index (κ1) is 17.2. The highest BCUT2D eigenvalue weighted by molar-refractivity contribution is 7.89.